The fraction of sp³-hybridized carbons (Fsp3) is 0.941. The third-order valence-electron chi connectivity index (χ3n) is 3.65. The first kappa shape index (κ1) is 26.1. The van der Waals surface area contributed by atoms with Crippen LogP contribution < -0.4 is 0 Å². The summed E-state index contributed by atoms with van der Waals surface area (Å²) in [6.45, 7) is 7.83. The van der Waals surface area contributed by atoms with Crippen LogP contribution in [0.3, 0.4) is 0 Å². The second-order valence-corrected chi connectivity index (χ2v) is 15.4. The van der Waals surface area contributed by atoms with Crippen LogP contribution in [0.2, 0.25) is 13.3 Å². The topological polar surface area (TPSA) is 43.7 Å². The second kappa shape index (κ2) is 20.9. The van der Waals surface area contributed by atoms with E-state index >= 15 is 0 Å². The van der Waals surface area contributed by atoms with Crippen molar-refractivity contribution in [1.82, 2.24) is 4.90 Å². The van der Waals surface area contributed by atoms with E-state index in [9.17, 15) is 0 Å². The zero-order valence-corrected chi connectivity index (χ0v) is 19.8. The van der Waals surface area contributed by atoms with E-state index in [0.717, 1.165) is 0 Å². The van der Waals surface area contributed by atoms with Crippen LogP contribution >= 0.6 is 12.2 Å². The number of hydrogen-bond acceptors (Lipinski definition) is 4. The van der Waals surface area contributed by atoms with Gasteiger partial charge in [-0.2, -0.15) is 0 Å². The molecule has 0 aliphatic heterocycles. The zero-order valence-electron chi connectivity index (χ0n) is 15.4. The monoisotopic (exact) mass is 471 g/mol. The Hall–Kier alpha value is 0.829. The van der Waals surface area contributed by atoms with Gasteiger partial charge in [-0.15, -0.1) is 0 Å². The fourth-order valence-corrected chi connectivity index (χ4v) is 12.0. The van der Waals surface area contributed by atoms with Gasteiger partial charge in [0.1, 0.15) is 0 Å². The van der Waals surface area contributed by atoms with E-state index in [2.05, 4.69) is 45.6 Å². The molecule has 0 aliphatic rings. The maximum absolute atomic E-state index is 8.48. The molecule has 0 unspecified atom stereocenters. The standard InChI is InChI=1S/C5H11NO2S2.3C4H9.Sn/c7-3-1-6(2-4-8)5(9)10;3*1-3-4-2;/h7-8H,1-4H2,(H,9,10);3*1,3-4H2,2H3;/q;;;;+1/p-1. The summed E-state index contributed by atoms with van der Waals surface area (Å²) >= 11 is 8.49. The van der Waals surface area contributed by atoms with Gasteiger partial charge in [0, 0.05) is 13.1 Å². The van der Waals surface area contributed by atoms with Gasteiger partial charge in [0.05, 0.1) is 13.2 Å². The minimum absolute atomic E-state index is 0.0107. The Kier molecular flexibility index (Phi) is 23.7. The van der Waals surface area contributed by atoms with Crippen molar-refractivity contribution >= 4 is 48.9 Å². The van der Waals surface area contributed by atoms with Crippen LogP contribution in [0, 0.1) is 0 Å². The molecule has 0 radical (unpaired) electrons. The van der Waals surface area contributed by atoms with E-state index in [0.29, 0.717) is 17.4 Å². The summed E-state index contributed by atoms with van der Waals surface area (Å²) < 4.78 is 5.33. The largest absolute Gasteiger partial charge is 0.411 e. The van der Waals surface area contributed by atoms with E-state index in [1.165, 1.54) is 38.5 Å². The Morgan fingerprint density at radius 1 is 0.870 bits per heavy atom. The van der Waals surface area contributed by atoms with Crippen molar-refractivity contribution < 1.29 is 10.2 Å². The van der Waals surface area contributed by atoms with Gasteiger partial charge < -0.3 is 40.0 Å². The van der Waals surface area contributed by atoms with Crippen molar-refractivity contribution in [2.45, 2.75) is 72.6 Å². The van der Waals surface area contributed by atoms with E-state index in [1.54, 1.807) is 18.2 Å². The molecule has 0 saturated heterocycles. The van der Waals surface area contributed by atoms with Crippen molar-refractivity contribution in [2.75, 3.05) is 26.3 Å². The molecule has 138 valence electrons. The Bertz CT molecular complexity index is 234. The maximum Gasteiger partial charge on any atom is 0.0606 e. The van der Waals surface area contributed by atoms with Gasteiger partial charge in [-0.3, -0.25) is 0 Å². The summed E-state index contributed by atoms with van der Waals surface area (Å²) in [5.41, 5.74) is 0. The van der Waals surface area contributed by atoms with Crippen LogP contribution in [0.15, 0.2) is 0 Å². The third kappa shape index (κ3) is 19.0. The summed E-state index contributed by atoms with van der Waals surface area (Å²) in [4.78, 5) is 1.57. The Balaban J connectivity index is 0. The Labute approximate surface area is 162 Å². The Morgan fingerprint density at radius 3 is 1.43 bits per heavy atom. The molecule has 23 heavy (non-hydrogen) atoms. The van der Waals surface area contributed by atoms with E-state index in [-0.39, 0.29) is 13.2 Å². The Morgan fingerprint density at radius 2 is 1.22 bits per heavy atom. The van der Waals surface area contributed by atoms with Crippen LogP contribution in [0.4, 0.5) is 0 Å². The predicted molar refractivity (Wildman–Crippen MR) is 111 cm³/mol. The van der Waals surface area contributed by atoms with Gasteiger partial charge in [-0.25, -0.2) is 0 Å². The van der Waals surface area contributed by atoms with Crippen LogP contribution in [-0.4, -0.2) is 65.5 Å². The molecule has 0 aromatic rings. The first-order valence-corrected chi connectivity index (χ1v) is 15.9. The normalized spacial score (nSPS) is 9.96. The molecule has 0 aromatic carbocycles. The summed E-state index contributed by atoms with van der Waals surface area (Å²) in [7, 11) is 0. The summed E-state index contributed by atoms with van der Waals surface area (Å²) in [5.74, 6) is 0. The number of aliphatic hydroxyl groups excluding tert-OH is 2. The van der Waals surface area contributed by atoms with E-state index < -0.39 is 19.8 Å². The quantitative estimate of drug-likeness (QED) is 0.242. The molecule has 0 aliphatic carbocycles. The summed E-state index contributed by atoms with van der Waals surface area (Å²) in [6.07, 6.45) is 8.85. The number of nitrogens with zero attached hydrogens (tertiary/aromatic N) is 1. The van der Waals surface area contributed by atoms with Crippen LogP contribution in [0.5, 0.6) is 0 Å². The van der Waals surface area contributed by atoms with Crippen molar-refractivity contribution in [3.05, 3.63) is 0 Å². The first-order valence-electron chi connectivity index (χ1n) is 9.08. The van der Waals surface area contributed by atoms with E-state index in [4.69, 9.17) is 10.2 Å². The molecule has 0 spiro atoms. The van der Waals surface area contributed by atoms with Crippen molar-refractivity contribution in [3.8, 4) is 0 Å². The van der Waals surface area contributed by atoms with Gasteiger partial charge in [-0.1, -0.05) is 4.32 Å². The van der Waals surface area contributed by atoms with Crippen LogP contribution in [0.1, 0.15) is 59.3 Å². The fourth-order valence-electron chi connectivity index (χ4n) is 2.19. The van der Waals surface area contributed by atoms with Gasteiger partial charge in [-0.05, 0) is 0 Å². The van der Waals surface area contributed by atoms with E-state index in [1.807, 2.05) is 0 Å². The number of thiocarbonyl (C=S) groups is 1. The van der Waals surface area contributed by atoms with Gasteiger partial charge in [0.2, 0.25) is 0 Å². The SMILES string of the molecule is CCC[CH2][Sn+]([CH2]CCC)[CH2]CCC.OCCN(CCO)C(=S)[S-]. The number of unbranched alkanes of at least 4 members (excludes halogenated alkanes) is 3. The first-order chi connectivity index (χ1) is 11.1. The summed E-state index contributed by atoms with van der Waals surface area (Å²) in [5, 5.41) is 17.0. The molecule has 0 bridgehead atoms. The average Bonchev–Trinajstić information content (AvgIpc) is 2.54. The van der Waals surface area contributed by atoms with Gasteiger partial charge >= 0.3 is 92.4 Å². The van der Waals surface area contributed by atoms with Crippen LogP contribution in [-0.2, 0) is 12.6 Å². The van der Waals surface area contributed by atoms with Crippen LogP contribution in [0.25, 0.3) is 0 Å². The molecular weight excluding hydrogens is 433 g/mol. The molecule has 0 aromatic heterocycles. The molecule has 2 N–H and O–H groups in total. The maximum atomic E-state index is 8.48. The molecular formula is C17H37NO2S2Sn. The van der Waals surface area contributed by atoms with Crippen molar-refractivity contribution in [3.63, 3.8) is 0 Å². The smallest absolute Gasteiger partial charge is 0.0606 e. The van der Waals surface area contributed by atoms with Crippen molar-refractivity contribution in [1.29, 1.82) is 0 Å². The zero-order chi connectivity index (χ0) is 17.9. The molecule has 3 nitrogen and oxygen atoms in total. The number of aliphatic hydroxyl groups is 2. The van der Waals surface area contributed by atoms with Gasteiger partial charge in [0.25, 0.3) is 0 Å². The predicted octanol–water partition coefficient (Wildman–Crippen LogP) is 3.99. The number of rotatable bonds is 13. The average molecular weight is 470 g/mol. The third-order valence-corrected chi connectivity index (χ3v) is 13.2. The molecule has 0 amide bonds. The molecule has 0 saturated carbocycles. The second-order valence-electron chi connectivity index (χ2n) is 5.76. The minimum atomic E-state index is -0.839. The minimum Gasteiger partial charge on any atom is -0.411 e. The number of hydrogen-bond donors (Lipinski definition) is 2. The van der Waals surface area contributed by atoms with Crippen molar-refractivity contribution in [2.24, 2.45) is 0 Å². The summed E-state index contributed by atoms with van der Waals surface area (Å²) in [6, 6.07) is 0. The molecule has 0 rings (SSSR count). The molecule has 0 atom stereocenters. The molecule has 0 fully saturated rings. The molecule has 0 heterocycles. The van der Waals surface area contributed by atoms with Gasteiger partial charge in [0.15, 0.2) is 0 Å². The molecule has 6 heteroatoms.